The zero-order chi connectivity index (χ0) is 16.1. The lowest BCUT2D eigenvalue weighted by atomic mass is 10.1. The van der Waals surface area contributed by atoms with Crippen LogP contribution in [0.3, 0.4) is 0 Å². The molecule has 0 saturated carbocycles. The quantitative estimate of drug-likeness (QED) is 0.767. The number of halogens is 1. The summed E-state index contributed by atoms with van der Waals surface area (Å²) < 4.78 is 1.73. The number of nitrogens with one attached hydrogen (secondary N) is 1. The normalized spacial score (nSPS) is 10.5. The van der Waals surface area contributed by atoms with Crippen molar-refractivity contribution >= 4 is 23.3 Å². The number of hydrogen-bond acceptors (Lipinski definition) is 2. The van der Waals surface area contributed by atoms with Gasteiger partial charge in [0.05, 0.1) is 5.69 Å². The third-order valence-corrected chi connectivity index (χ3v) is 3.64. The van der Waals surface area contributed by atoms with Crippen LogP contribution in [-0.2, 0) is 11.2 Å². The highest BCUT2D eigenvalue weighted by atomic mass is 35.5. The molecule has 0 atom stereocenters. The van der Waals surface area contributed by atoms with E-state index < -0.39 is 0 Å². The summed E-state index contributed by atoms with van der Waals surface area (Å²) in [6.45, 7) is 0. The number of carbonyl (C=O) groups excluding carboxylic acids is 1. The van der Waals surface area contributed by atoms with Crippen molar-refractivity contribution < 1.29 is 4.79 Å². The zero-order valence-corrected chi connectivity index (χ0v) is 13.2. The first-order valence-electron chi connectivity index (χ1n) is 7.36. The molecule has 0 saturated heterocycles. The molecular weight excluding hydrogens is 310 g/mol. The van der Waals surface area contributed by atoms with Crippen LogP contribution in [0.25, 0.3) is 5.69 Å². The van der Waals surface area contributed by atoms with E-state index in [2.05, 4.69) is 10.4 Å². The maximum absolute atomic E-state index is 12.0. The Labute approximate surface area is 139 Å². The largest absolute Gasteiger partial charge is 0.309 e. The fourth-order valence-electron chi connectivity index (χ4n) is 2.27. The molecule has 116 valence electrons. The first-order valence-corrected chi connectivity index (χ1v) is 7.74. The van der Waals surface area contributed by atoms with E-state index in [4.69, 9.17) is 11.6 Å². The second kappa shape index (κ2) is 7.11. The van der Waals surface area contributed by atoms with Crippen LogP contribution in [0.15, 0.2) is 66.9 Å². The maximum Gasteiger partial charge on any atom is 0.225 e. The number of amides is 1. The SMILES string of the molecule is O=C(CCc1cccc(Cl)c1)Nc1ccn(-c2ccccc2)n1. The predicted octanol–water partition coefficient (Wildman–Crippen LogP) is 4.10. The Hall–Kier alpha value is -2.59. The minimum atomic E-state index is -0.0664. The smallest absolute Gasteiger partial charge is 0.225 e. The minimum Gasteiger partial charge on any atom is -0.309 e. The van der Waals surface area contributed by atoms with Gasteiger partial charge in [0.2, 0.25) is 5.91 Å². The third-order valence-electron chi connectivity index (χ3n) is 3.41. The van der Waals surface area contributed by atoms with E-state index in [9.17, 15) is 4.79 Å². The molecular formula is C18H16ClN3O. The van der Waals surface area contributed by atoms with E-state index in [1.54, 1.807) is 10.7 Å². The Kier molecular flexibility index (Phi) is 4.74. The van der Waals surface area contributed by atoms with Gasteiger partial charge in [-0.3, -0.25) is 4.79 Å². The Balaban J connectivity index is 1.57. The number of hydrogen-bond donors (Lipinski definition) is 1. The highest BCUT2D eigenvalue weighted by Gasteiger charge is 2.06. The van der Waals surface area contributed by atoms with Gasteiger partial charge in [-0.05, 0) is 36.2 Å². The molecule has 3 rings (SSSR count). The zero-order valence-electron chi connectivity index (χ0n) is 12.4. The van der Waals surface area contributed by atoms with Gasteiger partial charge < -0.3 is 5.32 Å². The van der Waals surface area contributed by atoms with Gasteiger partial charge in [0, 0.05) is 23.7 Å². The summed E-state index contributed by atoms with van der Waals surface area (Å²) in [5, 5.41) is 7.85. The van der Waals surface area contributed by atoms with E-state index in [0.717, 1.165) is 11.3 Å². The van der Waals surface area contributed by atoms with Gasteiger partial charge in [-0.25, -0.2) is 4.68 Å². The molecule has 0 unspecified atom stereocenters. The first-order chi connectivity index (χ1) is 11.2. The standard InChI is InChI=1S/C18H16ClN3O/c19-15-6-4-5-14(13-15)9-10-18(23)20-17-11-12-22(21-17)16-7-2-1-3-8-16/h1-8,11-13H,9-10H2,(H,20,21,23). The average Bonchev–Trinajstić information content (AvgIpc) is 3.02. The minimum absolute atomic E-state index is 0.0664. The van der Waals surface area contributed by atoms with E-state index >= 15 is 0 Å². The maximum atomic E-state index is 12.0. The lowest BCUT2D eigenvalue weighted by Crippen LogP contribution is -2.13. The van der Waals surface area contributed by atoms with Crippen molar-refractivity contribution in [1.82, 2.24) is 9.78 Å². The molecule has 1 amide bonds. The molecule has 0 radical (unpaired) electrons. The predicted molar refractivity (Wildman–Crippen MR) is 92.0 cm³/mol. The van der Waals surface area contributed by atoms with Crippen LogP contribution >= 0.6 is 11.6 Å². The van der Waals surface area contributed by atoms with Crippen LogP contribution in [0.2, 0.25) is 5.02 Å². The van der Waals surface area contributed by atoms with Crippen molar-refractivity contribution in [2.75, 3.05) is 5.32 Å². The summed E-state index contributed by atoms with van der Waals surface area (Å²) in [7, 11) is 0. The van der Waals surface area contributed by atoms with Gasteiger partial charge in [0.1, 0.15) is 0 Å². The number of aromatic nitrogens is 2. The number of anilines is 1. The summed E-state index contributed by atoms with van der Waals surface area (Å²) in [4.78, 5) is 12.0. The molecule has 0 aliphatic rings. The van der Waals surface area contributed by atoms with Crippen LogP contribution in [0.5, 0.6) is 0 Å². The Morgan fingerprint density at radius 2 is 1.91 bits per heavy atom. The molecule has 3 aromatic rings. The van der Waals surface area contributed by atoms with Crippen molar-refractivity contribution in [3.63, 3.8) is 0 Å². The Morgan fingerprint density at radius 3 is 2.70 bits per heavy atom. The van der Waals surface area contributed by atoms with Crippen LogP contribution in [0.4, 0.5) is 5.82 Å². The lowest BCUT2D eigenvalue weighted by molar-refractivity contribution is -0.116. The lowest BCUT2D eigenvalue weighted by Gasteiger charge is -2.03. The fraction of sp³-hybridized carbons (Fsp3) is 0.111. The second-order valence-corrected chi connectivity index (χ2v) is 5.60. The van der Waals surface area contributed by atoms with Crippen LogP contribution in [0.1, 0.15) is 12.0 Å². The molecule has 5 heteroatoms. The van der Waals surface area contributed by atoms with Gasteiger partial charge in [-0.1, -0.05) is 41.9 Å². The van der Waals surface area contributed by atoms with Gasteiger partial charge in [0.15, 0.2) is 5.82 Å². The first kappa shape index (κ1) is 15.3. The molecule has 1 aromatic heterocycles. The van der Waals surface area contributed by atoms with Crippen molar-refractivity contribution in [1.29, 1.82) is 0 Å². The summed E-state index contributed by atoms with van der Waals surface area (Å²) in [6, 6.07) is 19.1. The fourth-order valence-corrected chi connectivity index (χ4v) is 2.48. The number of carbonyl (C=O) groups is 1. The van der Waals surface area contributed by atoms with Crippen molar-refractivity contribution in [3.05, 3.63) is 77.4 Å². The third kappa shape index (κ3) is 4.20. The molecule has 4 nitrogen and oxygen atoms in total. The number of para-hydroxylation sites is 1. The number of nitrogens with zero attached hydrogens (tertiary/aromatic N) is 2. The van der Waals surface area contributed by atoms with Crippen molar-refractivity contribution in [2.45, 2.75) is 12.8 Å². The Morgan fingerprint density at radius 1 is 1.09 bits per heavy atom. The molecule has 23 heavy (non-hydrogen) atoms. The molecule has 0 aliphatic carbocycles. The summed E-state index contributed by atoms with van der Waals surface area (Å²) in [5.74, 6) is 0.480. The molecule has 0 aliphatic heterocycles. The van der Waals surface area contributed by atoms with Gasteiger partial charge in [-0.2, -0.15) is 5.10 Å². The highest BCUT2D eigenvalue weighted by molar-refractivity contribution is 6.30. The molecule has 0 spiro atoms. The van der Waals surface area contributed by atoms with E-state index in [0.29, 0.717) is 23.7 Å². The summed E-state index contributed by atoms with van der Waals surface area (Å²) in [6.07, 6.45) is 2.85. The van der Waals surface area contributed by atoms with Crippen LogP contribution < -0.4 is 5.32 Å². The van der Waals surface area contributed by atoms with E-state index in [-0.39, 0.29) is 5.91 Å². The number of rotatable bonds is 5. The second-order valence-electron chi connectivity index (χ2n) is 5.16. The van der Waals surface area contributed by atoms with Crippen molar-refractivity contribution in [3.8, 4) is 5.69 Å². The summed E-state index contributed by atoms with van der Waals surface area (Å²) >= 11 is 5.94. The van der Waals surface area contributed by atoms with Gasteiger partial charge in [-0.15, -0.1) is 0 Å². The molecule has 2 aromatic carbocycles. The molecule has 1 N–H and O–H groups in total. The van der Waals surface area contributed by atoms with Gasteiger partial charge >= 0.3 is 0 Å². The highest BCUT2D eigenvalue weighted by Crippen LogP contribution is 2.13. The van der Waals surface area contributed by atoms with Crippen LogP contribution in [0, 0.1) is 0 Å². The van der Waals surface area contributed by atoms with Gasteiger partial charge in [0.25, 0.3) is 0 Å². The van der Waals surface area contributed by atoms with Crippen molar-refractivity contribution in [2.24, 2.45) is 0 Å². The Bertz CT molecular complexity index is 799. The average molecular weight is 326 g/mol. The topological polar surface area (TPSA) is 46.9 Å². The van der Waals surface area contributed by atoms with E-state index in [1.807, 2.05) is 60.8 Å². The molecule has 1 heterocycles. The number of aryl methyl sites for hydroxylation is 1. The van der Waals surface area contributed by atoms with Crippen LogP contribution in [-0.4, -0.2) is 15.7 Å². The monoisotopic (exact) mass is 325 g/mol. The summed E-state index contributed by atoms with van der Waals surface area (Å²) in [5.41, 5.74) is 1.99. The van der Waals surface area contributed by atoms with E-state index in [1.165, 1.54) is 0 Å². The number of benzene rings is 2. The molecule has 0 bridgehead atoms. The molecule has 0 fully saturated rings.